The second-order valence-electron chi connectivity index (χ2n) is 6.33. The van der Waals surface area contributed by atoms with Gasteiger partial charge in [0, 0.05) is 57.7 Å². The highest BCUT2D eigenvalue weighted by atomic mass is 35.5. The Morgan fingerprint density at radius 3 is 2.42 bits per heavy atom. The van der Waals surface area contributed by atoms with Gasteiger partial charge in [0.25, 0.3) is 0 Å². The molecule has 7 heteroatoms. The van der Waals surface area contributed by atoms with Crippen molar-refractivity contribution in [2.45, 2.75) is 20.0 Å². The first-order chi connectivity index (χ1) is 11.7. The molecule has 1 aliphatic heterocycles. The van der Waals surface area contributed by atoms with Crippen molar-refractivity contribution in [2.24, 2.45) is 0 Å². The normalized spacial score (nSPS) is 16.9. The standard InChI is InChI=1S/C17H20ClN5O/c1-13-8-15(20-24-13)10-21-4-6-22(7-5-21)11-16-12-23-9-14(18)2-3-17(23)19-16/h2-3,8-9,12H,4-7,10-11H2,1H3. The Hall–Kier alpha value is -1.89. The first-order valence-electron chi connectivity index (χ1n) is 8.16. The fraction of sp³-hybridized carbons (Fsp3) is 0.412. The summed E-state index contributed by atoms with van der Waals surface area (Å²) in [6, 6.07) is 5.83. The maximum Gasteiger partial charge on any atom is 0.137 e. The van der Waals surface area contributed by atoms with Gasteiger partial charge in [-0.3, -0.25) is 9.80 Å². The molecule has 1 aliphatic rings. The van der Waals surface area contributed by atoms with E-state index in [0.29, 0.717) is 0 Å². The van der Waals surface area contributed by atoms with Gasteiger partial charge in [-0.05, 0) is 19.1 Å². The Morgan fingerprint density at radius 1 is 1.04 bits per heavy atom. The molecule has 0 amide bonds. The molecule has 4 heterocycles. The molecule has 0 spiro atoms. The highest BCUT2D eigenvalue weighted by Crippen LogP contribution is 2.14. The average molecular weight is 346 g/mol. The van der Waals surface area contributed by atoms with Gasteiger partial charge < -0.3 is 8.92 Å². The van der Waals surface area contributed by atoms with Crippen molar-refractivity contribution < 1.29 is 4.52 Å². The van der Waals surface area contributed by atoms with Crippen molar-refractivity contribution >= 4 is 17.2 Å². The summed E-state index contributed by atoms with van der Waals surface area (Å²) < 4.78 is 7.12. The highest BCUT2D eigenvalue weighted by molar-refractivity contribution is 6.30. The number of piperazine rings is 1. The first kappa shape index (κ1) is 15.6. The van der Waals surface area contributed by atoms with Crippen LogP contribution in [0, 0.1) is 6.92 Å². The summed E-state index contributed by atoms with van der Waals surface area (Å²) in [7, 11) is 0. The van der Waals surface area contributed by atoms with Crippen LogP contribution >= 0.6 is 11.6 Å². The number of pyridine rings is 1. The number of nitrogens with zero attached hydrogens (tertiary/aromatic N) is 5. The van der Waals surface area contributed by atoms with E-state index in [9.17, 15) is 0 Å². The molecule has 24 heavy (non-hydrogen) atoms. The second kappa shape index (κ2) is 6.55. The number of rotatable bonds is 4. The highest BCUT2D eigenvalue weighted by Gasteiger charge is 2.19. The summed E-state index contributed by atoms with van der Waals surface area (Å²) in [6.07, 6.45) is 3.96. The van der Waals surface area contributed by atoms with Crippen molar-refractivity contribution in [1.29, 1.82) is 0 Å². The molecule has 3 aromatic heterocycles. The lowest BCUT2D eigenvalue weighted by molar-refractivity contribution is 0.119. The second-order valence-corrected chi connectivity index (χ2v) is 6.76. The Kier molecular flexibility index (Phi) is 4.26. The third-order valence-corrected chi connectivity index (χ3v) is 4.60. The lowest BCUT2D eigenvalue weighted by atomic mass is 10.2. The molecule has 4 rings (SSSR count). The zero-order chi connectivity index (χ0) is 16.5. The number of hydrogen-bond acceptors (Lipinski definition) is 5. The van der Waals surface area contributed by atoms with Gasteiger partial charge in [0.15, 0.2) is 0 Å². The molecule has 0 radical (unpaired) electrons. The van der Waals surface area contributed by atoms with Crippen molar-refractivity contribution in [3.8, 4) is 0 Å². The molecular formula is C17H20ClN5O. The molecule has 3 aromatic rings. The average Bonchev–Trinajstić information content (AvgIpc) is 3.14. The van der Waals surface area contributed by atoms with Gasteiger partial charge in [-0.1, -0.05) is 16.8 Å². The number of imidazole rings is 1. The molecule has 0 unspecified atom stereocenters. The lowest BCUT2D eigenvalue weighted by Gasteiger charge is -2.33. The largest absolute Gasteiger partial charge is 0.361 e. The minimum Gasteiger partial charge on any atom is -0.361 e. The minimum absolute atomic E-state index is 0.725. The molecule has 0 saturated carbocycles. The topological polar surface area (TPSA) is 49.8 Å². The van der Waals surface area contributed by atoms with Crippen LogP contribution in [0.4, 0.5) is 0 Å². The van der Waals surface area contributed by atoms with E-state index in [-0.39, 0.29) is 0 Å². The van der Waals surface area contributed by atoms with Gasteiger partial charge in [-0.15, -0.1) is 0 Å². The SMILES string of the molecule is Cc1cc(CN2CCN(Cc3cn4cc(Cl)ccc4n3)CC2)no1. The van der Waals surface area contributed by atoms with Crippen LogP contribution in [0.3, 0.4) is 0 Å². The quantitative estimate of drug-likeness (QED) is 0.727. The Balaban J connectivity index is 1.33. The van der Waals surface area contributed by atoms with Gasteiger partial charge in [-0.2, -0.15) is 0 Å². The van der Waals surface area contributed by atoms with Crippen LogP contribution < -0.4 is 0 Å². The predicted molar refractivity (Wildman–Crippen MR) is 92.0 cm³/mol. The van der Waals surface area contributed by atoms with E-state index in [2.05, 4.69) is 26.1 Å². The molecule has 1 saturated heterocycles. The molecule has 0 bridgehead atoms. The maximum atomic E-state index is 6.03. The van der Waals surface area contributed by atoms with E-state index in [4.69, 9.17) is 16.1 Å². The third-order valence-electron chi connectivity index (χ3n) is 4.38. The molecule has 1 fully saturated rings. The molecule has 6 nitrogen and oxygen atoms in total. The summed E-state index contributed by atoms with van der Waals surface area (Å²) in [4.78, 5) is 9.52. The summed E-state index contributed by atoms with van der Waals surface area (Å²) in [6.45, 7) is 7.79. The molecule has 0 atom stereocenters. The number of fused-ring (bicyclic) bond motifs is 1. The Bertz CT molecular complexity index is 834. The minimum atomic E-state index is 0.725. The number of aromatic nitrogens is 3. The maximum absolute atomic E-state index is 6.03. The summed E-state index contributed by atoms with van der Waals surface area (Å²) in [5.41, 5.74) is 3.03. The molecule has 126 valence electrons. The predicted octanol–water partition coefficient (Wildman–Crippen LogP) is 2.60. The van der Waals surface area contributed by atoms with E-state index in [1.54, 1.807) is 0 Å². The number of halogens is 1. The van der Waals surface area contributed by atoms with E-state index in [0.717, 1.165) is 67.1 Å². The molecule has 0 N–H and O–H groups in total. The van der Waals surface area contributed by atoms with E-state index < -0.39 is 0 Å². The van der Waals surface area contributed by atoms with Crippen molar-refractivity contribution in [1.82, 2.24) is 24.3 Å². The van der Waals surface area contributed by atoms with Crippen LogP contribution in [0.2, 0.25) is 5.02 Å². The first-order valence-corrected chi connectivity index (χ1v) is 8.53. The van der Waals surface area contributed by atoms with Crippen LogP contribution in [0.1, 0.15) is 17.1 Å². The Morgan fingerprint density at radius 2 is 1.75 bits per heavy atom. The fourth-order valence-corrected chi connectivity index (χ4v) is 3.32. The van der Waals surface area contributed by atoms with Crippen LogP contribution in [0.5, 0.6) is 0 Å². The fourth-order valence-electron chi connectivity index (χ4n) is 3.15. The summed E-state index contributed by atoms with van der Waals surface area (Å²) in [5.74, 6) is 0.871. The van der Waals surface area contributed by atoms with Crippen molar-refractivity contribution in [3.63, 3.8) is 0 Å². The zero-order valence-corrected chi connectivity index (χ0v) is 14.4. The zero-order valence-electron chi connectivity index (χ0n) is 13.7. The van der Waals surface area contributed by atoms with Crippen LogP contribution in [-0.4, -0.2) is 50.5 Å². The van der Waals surface area contributed by atoms with Gasteiger partial charge in [-0.25, -0.2) is 4.98 Å². The van der Waals surface area contributed by atoms with Gasteiger partial charge in [0.05, 0.1) is 16.4 Å². The van der Waals surface area contributed by atoms with Gasteiger partial charge in [0.1, 0.15) is 11.4 Å². The van der Waals surface area contributed by atoms with Gasteiger partial charge >= 0.3 is 0 Å². The van der Waals surface area contributed by atoms with Gasteiger partial charge in [0.2, 0.25) is 0 Å². The van der Waals surface area contributed by atoms with Crippen molar-refractivity contribution in [3.05, 3.63) is 52.8 Å². The molecule has 0 aliphatic carbocycles. The number of aryl methyl sites for hydroxylation is 1. The van der Waals surface area contributed by atoms with E-state index >= 15 is 0 Å². The van der Waals surface area contributed by atoms with Crippen LogP contribution in [0.15, 0.2) is 35.1 Å². The Labute approximate surface area is 145 Å². The van der Waals surface area contributed by atoms with Crippen molar-refractivity contribution in [2.75, 3.05) is 26.2 Å². The van der Waals surface area contributed by atoms with Crippen LogP contribution in [-0.2, 0) is 13.1 Å². The summed E-state index contributed by atoms with van der Waals surface area (Å²) >= 11 is 6.03. The monoisotopic (exact) mass is 345 g/mol. The molecular weight excluding hydrogens is 326 g/mol. The number of hydrogen-bond donors (Lipinski definition) is 0. The van der Waals surface area contributed by atoms with Crippen LogP contribution in [0.25, 0.3) is 5.65 Å². The van der Waals surface area contributed by atoms with E-state index in [1.165, 1.54) is 0 Å². The lowest BCUT2D eigenvalue weighted by Crippen LogP contribution is -2.45. The third kappa shape index (κ3) is 3.45. The smallest absolute Gasteiger partial charge is 0.137 e. The molecule has 0 aromatic carbocycles. The summed E-state index contributed by atoms with van der Waals surface area (Å²) in [5, 5.41) is 4.80. The van der Waals surface area contributed by atoms with E-state index in [1.807, 2.05) is 35.7 Å².